The van der Waals surface area contributed by atoms with E-state index in [0.29, 0.717) is 11.4 Å². The maximum Gasteiger partial charge on any atom is 0.341 e. The molecule has 0 aliphatic carbocycles. The number of amides is 2. The van der Waals surface area contributed by atoms with Crippen molar-refractivity contribution in [2.24, 2.45) is 0 Å². The van der Waals surface area contributed by atoms with Crippen LogP contribution in [-0.4, -0.2) is 29.4 Å². The lowest BCUT2D eigenvalue weighted by atomic mass is 9.95. The minimum Gasteiger partial charge on any atom is -0.449 e. The molecule has 1 heterocycles. The van der Waals surface area contributed by atoms with Gasteiger partial charge in [-0.3, -0.25) is 14.5 Å². The second-order valence-corrected chi connectivity index (χ2v) is 6.73. The standard InChI is InChI=1S/C20H19FN2O4/c1-12(27-18(25)13-8-4-5-9-14(13)21)17(24)23-16-11-7-6-10-15(16)22-19(26)20(23,2)3/h4-12H,1-3H3,(H,22,26)/t12-/m0/s1. The zero-order valence-electron chi connectivity index (χ0n) is 15.2. The van der Waals surface area contributed by atoms with Crippen LogP contribution in [0.1, 0.15) is 31.1 Å². The third-order valence-corrected chi connectivity index (χ3v) is 4.45. The van der Waals surface area contributed by atoms with Crippen molar-refractivity contribution in [3.05, 3.63) is 59.9 Å². The third-order valence-electron chi connectivity index (χ3n) is 4.45. The van der Waals surface area contributed by atoms with Crippen molar-refractivity contribution in [2.75, 3.05) is 10.2 Å². The molecule has 1 N–H and O–H groups in total. The first-order chi connectivity index (χ1) is 12.7. The Kier molecular flexibility index (Phi) is 4.70. The Morgan fingerprint density at radius 3 is 2.44 bits per heavy atom. The number of hydrogen-bond acceptors (Lipinski definition) is 4. The number of esters is 1. The fraction of sp³-hybridized carbons (Fsp3) is 0.250. The smallest absolute Gasteiger partial charge is 0.341 e. The Labute approximate surface area is 155 Å². The molecule has 3 rings (SSSR count). The van der Waals surface area contributed by atoms with E-state index in [1.54, 1.807) is 38.1 Å². The highest BCUT2D eigenvalue weighted by molar-refractivity contribution is 6.15. The van der Waals surface area contributed by atoms with Crippen molar-refractivity contribution < 1.29 is 23.5 Å². The van der Waals surface area contributed by atoms with Crippen LogP contribution in [0.4, 0.5) is 15.8 Å². The van der Waals surface area contributed by atoms with Gasteiger partial charge in [-0.1, -0.05) is 24.3 Å². The Hall–Kier alpha value is -3.22. The number of carbonyl (C=O) groups is 3. The summed E-state index contributed by atoms with van der Waals surface area (Å²) in [6, 6.07) is 12.2. The summed E-state index contributed by atoms with van der Waals surface area (Å²) in [6.45, 7) is 4.59. The van der Waals surface area contributed by atoms with Crippen LogP contribution in [0.15, 0.2) is 48.5 Å². The zero-order chi connectivity index (χ0) is 19.8. The fourth-order valence-electron chi connectivity index (χ4n) is 2.93. The van der Waals surface area contributed by atoms with Crippen LogP contribution < -0.4 is 10.2 Å². The first kappa shape index (κ1) is 18.6. The van der Waals surface area contributed by atoms with E-state index in [-0.39, 0.29) is 11.5 Å². The first-order valence-electron chi connectivity index (χ1n) is 8.43. The van der Waals surface area contributed by atoms with Crippen LogP contribution >= 0.6 is 0 Å². The molecule has 2 amide bonds. The molecule has 140 valence electrons. The van der Waals surface area contributed by atoms with Crippen molar-refractivity contribution in [2.45, 2.75) is 32.4 Å². The molecular formula is C20H19FN2O4. The average Bonchev–Trinajstić information content (AvgIpc) is 2.62. The van der Waals surface area contributed by atoms with E-state index in [1.807, 2.05) is 0 Å². The molecule has 2 aromatic carbocycles. The van der Waals surface area contributed by atoms with Gasteiger partial charge in [-0.2, -0.15) is 0 Å². The van der Waals surface area contributed by atoms with Crippen LogP contribution in [0.3, 0.4) is 0 Å². The topological polar surface area (TPSA) is 75.7 Å². The average molecular weight is 370 g/mol. The molecule has 0 saturated carbocycles. The van der Waals surface area contributed by atoms with E-state index in [2.05, 4.69) is 5.32 Å². The molecule has 27 heavy (non-hydrogen) atoms. The molecule has 2 aromatic rings. The number of carbonyl (C=O) groups excluding carboxylic acids is 3. The van der Waals surface area contributed by atoms with E-state index >= 15 is 0 Å². The predicted molar refractivity (Wildman–Crippen MR) is 97.9 cm³/mol. The molecule has 6 nitrogen and oxygen atoms in total. The Morgan fingerprint density at radius 2 is 1.74 bits per heavy atom. The number of nitrogens with one attached hydrogen (secondary N) is 1. The number of hydrogen-bond donors (Lipinski definition) is 1. The van der Waals surface area contributed by atoms with Crippen molar-refractivity contribution in [3.8, 4) is 0 Å². The largest absolute Gasteiger partial charge is 0.449 e. The Bertz CT molecular complexity index is 926. The molecule has 1 aliphatic rings. The fourth-order valence-corrected chi connectivity index (χ4v) is 2.93. The molecule has 0 radical (unpaired) electrons. The first-order valence-corrected chi connectivity index (χ1v) is 8.43. The molecule has 0 saturated heterocycles. The molecule has 0 bridgehead atoms. The lowest BCUT2D eigenvalue weighted by Crippen LogP contribution is -2.60. The van der Waals surface area contributed by atoms with Gasteiger partial charge in [-0.25, -0.2) is 9.18 Å². The maximum absolute atomic E-state index is 13.8. The summed E-state index contributed by atoms with van der Waals surface area (Å²) in [6.07, 6.45) is -1.21. The van der Waals surface area contributed by atoms with E-state index in [4.69, 9.17) is 4.74 Å². The predicted octanol–water partition coefficient (Wildman–Crippen LogP) is 3.13. The second kappa shape index (κ2) is 6.83. The highest BCUT2D eigenvalue weighted by Gasteiger charge is 2.45. The van der Waals surface area contributed by atoms with Crippen molar-refractivity contribution >= 4 is 29.2 Å². The number of rotatable bonds is 3. The maximum atomic E-state index is 13.8. The van der Waals surface area contributed by atoms with E-state index in [9.17, 15) is 18.8 Å². The van der Waals surface area contributed by atoms with Crippen LogP contribution in [0.5, 0.6) is 0 Å². The highest BCUT2D eigenvalue weighted by atomic mass is 19.1. The van der Waals surface area contributed by atoms with Gasteiger partial charge in [0.25, 0.3) is 5.91 Å². The quantitative estimate of drug-likeness (QED) is 0.843. The second-order valence-electron chi connectivity index (χ2n) is 6.73. The van der Waals surface area contributed by atoms with Gasteiger partial charge in [0.15, 0.2) is 6.10 Å². The van der Waals surface area contributed by atoms with Crippen molar-refractivity contribution in [3.63, 3.8) is 0 Å². The SMILES string of the molecule is C[C@H](OC(=O)c1ccccc1F)C(=O)N1c2ccccc2NC(=O)C1(C)C. The van der Waals surface area contributed by atoms with Crippen LogP contribution in [-0.2, 0) is 14.3 Å². The third kappa shape index (κ3) is 3.28. The van der Waals surface area contributed by atoms with Crippen LogP contribution in [0.2, 0.25) is 0 Å². The molecule has 0 fully saturated rings. The lowest BCUT2D eigenvalue weighted by Gasteiger charge is -2.42. The van der Waals surface area contributed by atoms with Gasteiger partial charge in [-0.05, 0) is 45.0 Å². The van der Waals surface area contributed by atoms with E-state index in [0.717, 1.165) is 6.07 Å². The number of halogens is 1. The lowest BCUT2D eigenvalue weighted by molar-refractivity contribution is -0.131. The number of nitrogens with zero attached hydrogens (tertiary/aromatic N) is 1. The van der Waals surface area contributed by atoms with E-state index in [1.165, 1.54) is 30.0 Å². The van der Waals surface area contributed by atoms with Crippen LogP contribution in [0, 0.1) is 5.82 Å². The number of fused-ring (bicyclic) bond motifs is 1. The molecule has 0 spiro atoms. The van der Waals surface area contributed by atoms with Gasteiger partial charge in [0, 0.05) is 0 Å². The minimum atomic E-state index is -1.21. The van der Waals surface area contributed by atoms with Gasteiger partial charge >= 0.3 is 5.97 Å². The number of anilines is 2. The van der Waals surface area contributed by atoms with Gasteiger partial charge < -0.3 is 10.1 Å². The summed E-state index contributed by atoms with van der Waals surface area (Å²) in [4.78, 5) is 39.0. The summed E-state index contributed by atoms with van der Waals surface area (Å²) in [5.74, 6) is -2.61. The molecule has 7 heteroatoms. The van der Waals surface area contributed by atoms with Gasteiger partial charge in [0.05, 0.1) is 16.9 Å². The molecule has 0 aromatic heterocycles. The van der Waals surface area contributed by atoms with Gasteiger partial charge in [0.1, 0.15) is 11.4 Å². The summed E-state index contributed by atoms with van der Waals surface area (Å²) in [5, 5.41) is 2.76. The molecule has 1 atom stereocenters. The van der Waals surface area contributed by atoms with Crippen LogP contribution in [0.25, 0.3) is 0 Å². The Morgan fingerprint density at radius 1 is 1.11 bits per heavy atom. The number of ether oxygens (including phenoxy) is 1. The van der Waals surface area contributed by atoms with Gasteiger partial charge in [-0.15, -0.1) is 0 Å². The van der Waals surface area contributed by atoms with Gasteiger partial charge in [0.2, 0.25) is 5.91 Å². The minimum absolute atomic E-state index is 0.256. The highest BCUT2D eigenvalue weighted by Crippen LogP contribution is 2.37. The molecule has 1 aliphatic heterocycles. The van der Waals surface area contributed by atoms with Crippen molar-refractivity contribution in [1.29, 1.82) is 0 Å². The summed E-state index contributed by atoms with van der Waals surface area (Å²) in [5.41, 5.74) is -0.457. The van der Waals surface area contributed by atoms with E-state index < -0.39 is 29.3 Å². The summed E-state index contributed by atoms with van der Waals surface area (Å²) < 4.78 is 18.9. The number of para-hydroxylation sites is 2. The molecular weight excluding hydrogens is 351 g/mol. The normalized spacial score (nSPS) is 16.1. The number of benzene rings is 2. The zero-order valence-corrected chi connectivity index (χ0v) is 15.2. The summed E-state index contributed by atoms with van der Waals surface area (Å²) >= 11 is 0. The van der Waals surface area contributed by atoms with Crippen molar-refractivity contribution in [1.82, 2.24) is 0 Å². The summed E-state index contributed by atoms with van der Waals surface area (Å²) in [7, 11) is 0. The molecule has 0 unspecified atom stereocenters. The monoisotopic (exact) mass is 370 g/mol. The Balaban J connectivity index is 1.89.